The number of rotatable bonds is 3. The molecule has 0 saturated heterocycles. The molecule has 0 bridgehead atoms. The van der Waals surface area contributed by atoms with Crippen molar-refractivity contribution >= 4 is 5.78 Å². The molecule has 0 fully saturated rings. The highest BCUT2D eigenvalue weighted by Gasteiger charge is 2.20. The van der Waals surface area contributed by atoms with Crippen LogP contribution in [0.5, 0.6) is 0 Å². The van der Waals surface area contributed by atoms with E-state index in [2.05, 4.69) is 0 Å². The van der Waals surface area contributed by atoms with Gasteiger partial charge in [0.15, 0.2) is 0 Å². The maximum Gasteiger partial charge on any atom is 0.131 e. The summed E-state index contributed by atoms with van der Waals surface area (Å²) in [6.07, 6.45) is -0.172. The van der Waals surface area contributed by atoms with E-state index >= 15 is 0 Å². The molecular weight excluding hydrogens is 200 g/mol. The lowest BCUT2D eigenvalue weighted by molar-refractivity contribution is -0.117. The van der Waals surface area contributed by atoms with Gasteiger partial charge in [-0.25, -0.2) is 8.78 Å². The Labute approximate surface area is 86.1 Å². The molecule has 4 heteroatoms. The van der Waals surface area contributed by atoms with Gasteiger partial charge in [-0.3, -0.25) is 4.79 Å². The number of benzene rings is 1. The molecule has 0 radical (unpaired) electrons. The van der Waals surface area contributed by atoms with E-state index in [4.69, 9.17) is 5.26 Å². The Bertz CT molecular complexity index is 403. The number of nitriles is 1. The number of Topliss-reactive ketones (excluding diaryl/α,β-unsaturated/α-hetero) is 1. The average Bonchev–Trinajstić information content (AvgIpc) is 2.15. The average molecular weight is 209 g/mol. The standard InChI is InChI=1S/C11H9F2NO/c1-7(15)5-8(6-14)11-9(12)3-2-4-10(11)13/h2-4,8H,5H2,1H3. The van der Waals surface area contributed by atoms with Crippen molar-refractivity contribution in [2.75, 3.05) is 0 Å². The zero-order valence-corrected chi connectivity index (χ0v) is 8.13. The van der Waals surface area contributed by atoms with Crippen LogP contribution in [0.1, 0.15) is 24.8 Å². The molecule has 0 N–H and O–H groups in total. The van der Waals surface area contributed by atoms with Crippen LogP contribution in [0.25, 0.3) is 0 Å². The van der Waals surface area contributed by atoms with Crippen molar-refractivity contribution in [1.82, 2.24) is 0 Å². The summed E-state index contributed by atoms with van der Waals surface area (Å²) >= 11 is 0. The van der Waals surface area contributed by atoms with Gasteiger partial charge in [-0.1, -0.05) is 6.07 Å². The van der Waals surface area contributed by atoms with Crippen LogP contribution in [-0.2, 0) is 4.79 Å². The largest absolute Gasteiger partial charge is 0.300 e. The lowest BCUT2D eigenvalue weighted by atomic mass is 9.94. The first-order valence-electron chi connectivity index (χ1n) is 4.39. The zero-order valence-electron chi connectivity index (χ0n) is 8.13. The molecule has 15 heavy (non-hydrogen) atoms. The highest BCUT2D eigenvalue weighted by atomic mass is 19.1. The van der Waals surface area contributed by atoms with Crippen LogP contribution in [0.3, 0.4) is 0 Å². The van der Waals surface area contributed by atoms with E-state index in [1.54, 1.807) is 6.07 Å². The third kappa shape index (κ3) is 2.59. The molecular formula is C11H9F2NO. The van der Waals surface area contributed by atoms with Crippen molar-refractivity contribution < 1.29 is 13.6 Å². The molecule has 0 aromatic heterocycles. The van der Waals surface area contributed by atoms with Gasteiger partial charge in [0.2, 0.25) is 0 Å². The Morgan fingerprint density at radius 1 is 1.47 bits per heavy atom. The summed E-state index contributed by atoms with van der Waals surface area (Å²) in [5, 5.41) is 8.74. The van der Waals surface area contributed by atoms with E-state index in [1.165, 1.54) is 13.0 Å². The number of halogens is 2. The van der Waals surface area contributed by atoms with Crippen LogP contribution < -0.4 is 0 Å². The van der Waals surface area contributed by atoms with Crippen LogP contribution in [0.15, 0.2) is 18.2 Å². The summed E-state index contributed by atoms with van der Waals surface area (Å²) in [4.78, 5) is 10.8. The first-order chi connectivity index (χ1) is 7.06. The quantitative estimate of drug-likeness (QED) is 0.767. The topological polar surface area (TPSA) is 40.9 Å². The Morgan fingerprint density at radius 3 is 2.40 bits per heavy atom. The molecule has 0 aliphatic rings. The second-order valence-corrected chi connectivity index (χ2v) is 3.22. The van der Waals surface area contributed by atoms with Gasteiger partial charge in [-0.05, 0) is 19.1 Å². The molecule has 1 atom stereocenters. The van der Waals surface area contributed by atoms with Gasteiger partial charge >= 0.3 is 0 Å². The van der Waals surface area contributed by atoms with E-state index in [9.17, 15) is 13.6 Å². The molecule has 1 aromatic rings. The molecule has 0 heterocycles. The Balaban J connectivity index is 3.13. The fourth-order valence-electron chi connectivity index (χ4n) is 1.34. The highest BCUT2D eigenvalue weighted by Crippen LogP contribution is 2.24. The summed E-state index contributed by atoms with van der Waals surface area (Å²) in [5.41, 5.74) is -0.324. The number of ketones is 1. The Hall–Kier alpha value is -1.76. The van der Waals surface area contributed by atoms with Crippen LogP contribution in [0.4, 0.5) is 8.78 Å². The van der Waals surface area contributed by atoms with E-state index in [0.29, 0.717) is 0 Å². The fourth-order valence-corrected chi connectivity index (χ4v) is 1.34. The van der Waals surface area contributed by atoms with Crippen molar-refractivity contribution in [3.05, 3.63) is 35.4 Å². The summed E-state index contributed by atoms with van der Waals surface area (Å²) in [6, 6.07) is 5.09. The van der Waals surface area contributed by atoms with Gasteiger partial charge in [0.05, 0.1) is 12.0 Å². The number of nitrogens with zero attached hydrogens (tertiary/aromatic N) is 1. The highest BCUT2D eigenvalue weighted by molar-refractivity contribution is 5.77. The van der Waals surface area contributed by atoms with Crippen molar-refractivity contribution in [2.24, 2.45) is 0 Å². The summed E-state index contributed by atoms with van der Waals surface area (Å²) in [6.45, 7) is 1.28. The minimum Gasteiger partial charge on any atom is -0.300 e. The smallest absolute Gasteiger partial charge is 0.131 e. The van der Waals surface area contributed by atoms with Crippen LogP contribution >= 0.6 is 0 Å². The lowest BCUT2D eigenvalue weighted by Gasteiger charge is -2.09. The molecule has 1 aromatic carbocycles. The van der Waals surface area contributed by atoms with E-state index < -0.39 is 17.6 Å². The molecule has 1 rings (SSSR count). The molecule has 0 spiro atoms. The van der Waals surface area contributed by atoms with Crippen molar-refractivity contribution in [2.45, 2.75) is 19.3 Å². The zero-order chi connectivity index (χ0) is 11.4. The second kappa shape index (κ2) is 4.65. The predicted octanol–water partition coefficient (Wildman–Crippen LogP) is 2.55. The minimum absolute atomic E-state index is 0.172. The summed E-state index contributed by atoms with van der Waals surface area (Å²) in [5.74, 6) is -2.90. The molecule has 2 nitrogen and oxygen atoms in total. The summed E-state index contributed by atoms with van der Waals surface area (Å²) < 4.78 is 26.5. The third-order valence-electron chi connectivity index (χ3n) is 2.00. The SMILES string of the molecule is CC(=O)CC(C#N)c1c(F)cccc1F. The lowest BCUT2D eigenvalue weighted by Crippen LogP contribution is -2.06. The number of hydrogen-bond donors (Lipinski definition) is 0. The van der Waals surface area contributed by atoms with Crippen molar-refractivity contribution in [3.8, 4) is 6.07 Å². The third-order valence-corrected chi connectivity index (χ3v) is 2.00. The first-order valence-corrected chi connectivity index (χ1v) is 4.39. The Kier molecular flexibility index (Phi) is 3.51. The number of hydrogen-bond acceptors (Lipinski definition) is 2. The molecule has 0 saturated carbocycles. The monoisotopic (exact) mass is 209 g/mol. The molecule has 0 aliphatic heterocycles. The van der Waals surface area contributed by atoms with Crippen LogP contribution in [0.2, 0.25) is 0 Å². The summed E-state index contributed by atoms with van der Waals surface area (Å²) in [7, 11) is 0. The molecule has 0 amide bonds. The maximum atomic E-state index is 13.2. The molecule has 0 aliphatic carbocycles. The van der Waals surface area contributed by atoms with Gasteiger partial charge in [-0.15, -0.1) is 0 Å². The van der Waals surface area contributed by atoms with Gasteiger partial charge in [0.25, 0.3) is 0 Å². The maximum absolute atomic E-state index is 13.2. The van der Waals surface area contributed by atoms with Gasteiger partial charge in [0.1, 0.15) is 17.4 Å². The van der Waals surface area contributed by atoms with Gasteiger partial charge in [0, 0.05) is 12.0 Å². The number of carbonyl (C=O) groups excluding carboxylic acids is 1. The van der Waals surface area contributed by atoms with Crippen molar-refractivity contribution in [1.29, 1.82) is 5.26 Å². The van der Waals surface area contributed by atoms with E-state index in [-0.39, 0.29) is 17.8 Å². The second-order valence-electron chi connectivity index (χ2n) is 3.22. The van der Waals surface area contributed by atoms with Gasteiger partial charge < -0.3 is 0 Å². The number of carbonyl (C=O) groups is 1. The molecule has 1 unspecified atom stereocenters. The first kappa shape index (κ1) is 11.3. The van der Waals surface area contributed by atoms with Crippen LogP contribution in [0, 0.1) is 23.0 Å². The van der Waals surface area contributed by atoms with E-state index in [0.717, 1.165) is 12.1 Å². The van der Waals surface area contributed by atoms with Crippen molar-refractivity contribution in [3.63, 3.8) is 0 Å². The van der Waals surface area contributed by atoms with Crippen LogP contribution in [-0.4, -0.2) is 5.78 Å². The van der Waals surface area contributed by atoms with Gasteiger partial charge in [-0.2, -0.15) is 5.26 Å². The Morgan fingerprint density at radius 2 is 2.00 bits per heavy atom. The van der Waals surface area contributed by atoms with E-state index in [1.807, 2.05) is 0 Å². The predicted molar refractivity (Wildman–Crippen MR) is 50.0 cm³/mol. The normalized spacial score (nSPS) is 11.9. The minimum atomic E-state index is -1.05. The fraction of sp³-hybridized carbons (Fsp3) is 0.273. The molecule has 78 valence electrons.